The first kappa shape index (κ1) is 11.8. The van der Waals surface area contributed by atoms with Crippen LogP contribution in [-0.2, 0) is 28.6 Å². The van der Waals surface area contributed by atoms with Crippen LogP contribution in [0.1, 0.15) is 0 Å². The second-order valence-corrected chi connectivity index (χ2v) is 5.89. The van der Waals surface area contributed by atoms with Crippen LogP contribution in [0.15, 0.2) is 0 Å². The molecule has 1 saturated heterocycles. The van der Waals surface area contributed by atoms with Gasteiger partial charge in [0.25, 0.3) is 26.5 Å². The molecule has 0 bridgehead atoms. The van der Waals surface area contributed by atoms with Gasteiger partial charge in [-0.1, -0.05) is 0 Å². The minimum Gasteiger partial charge on any atom is -0.230 e. The van der Waals surface area contributed by atoms with Gasteiger partial charge in [-0.25, -0.2) is 8.37 Å². The Morgan fingerprint density at radius 2 is 2.00 bits per heavy atom. The van der Waals surface area contributed by atoms with Crippen LogP contribution in [0.25, 0.3) is 0 Å². The smallest absolute Gasteiger partial charge is 0.230 e. The van der Waals surface area contributed by atoms with Gasteiger partial charge in [0.2, 0.25) is 0 Å². The van der Waals surface area contributed by atoms with E-state index >= 15 is 0 Å². The molecule has 1 fully saturated rings. The van der Waals surface area contributed by atoms with E-state index in [-0.39, 0.29) is 0 Å². The van der Waals surface area contributed by atoms with E-state index in [9.17, 15) is 25.6 Å². The molecule has 84 valence electrons. The average Bonchev–Trinajstić information content (AvgIpc) is 1.94. The molecular weight excluding hydrogens is 246 g/mol. The highest BCUT2D eigenvalue weighted by Gasteiger charge is 2.56. The van der Waals surface area contributed by atoms with Crippen LogP contribution in [-0.4, -0.2) is 41.1 Å². The van der Waals surface area contributed by atoms with E-state index in [1.54, 1.807) is 0 Å². The largest absolute Gasteiger partial charge is 0.316 e. The van der Waals surface area contributed by atoms with Gasteiger partial charge in [-0.3, -0.25) is 0 Å². The second kappa shape index (κ2) is 3.08. The van der Waals surface area contributed by atoms with Gasteiger partial charge >= 0.3 is 5.92 Å². The lowest BCUT2D eigenvalue weighted by Gasteiger charge is -2.13. The zero-order valence-electron chi connectivity index (χ0n) is 6.81. The van der Waals surface area contributed by atoms with Gasteiger partial charge in [0.1, 0.15) is 5.75 Å². The molecule has 1 aliphatic heterocycles. The van der Waals surface area contributed by atoms with E-state index in [2.05, 4.69) is 8.37 Å². The third-order valence-electron chi connectivity index (χ3n) is 1.21. The molecule has 0 saturated carbocycles. The second-order valence-electron chi connectivity index (χ2n) is 2.69. The summed E-state index contributed by atoms with van der Waals surface area (Å²) in [4.78, 5) is 0. The fourth-order valence-corrected chi connectivity index (χ4v) is 2.46. The summed E-state index contributed by atoms with van der Waals surface area (Å²) < 4.78 is 75.1. The van der Waals surface area contributed by atoms with E-state index in [0.29, 0.717) is 6.26 Å². The normalized spacial score (nSPS) is 30.4. The third-order valence-corrected chi connectivity index (χ3v) is 2.94. The van der Waals surface area contributed by atoms with Crippen molar-refractivity contribution in [2.24, 2.45) is 0 Å². The monoisotopic (exact) mass is 252 g/mol. The molecule has 1 aliphatic rings. The van der Waals surface area contributed by atoms with Gasteiger partial charge in [0.15, 0.2) is 0 Å². The van der Waals surface area contributed by atoms with Crippen LogP contribution in [0.4, 0.5) is 8.78 Å². The molecule has 0 aliphatic carbocycles. The molecule has 1 rings (SSSR count). The van der Waals surface area contributed by atoms with Crippen LogP contribution in [0.2, 0.25) is 0 Å². The van der Waals surface area contributed by atoms with Crippen LogP contribution in [0.3, 0.4) is 0 Å². The minimum atomic E-state index is -4.41. The summed E-state index contributed by atoms with van der Waals surface area (Å²) in [6, 6.07) is 0. The summed E-state index contributed by atoms with van der Waals surface area (Å²) in [6.07, 6.45) is -2.08. The fraction of sp³-hybridized carbons (Fsp3) is 1.00. The van der Waals surface area contributed by atoms with E-state index < -0.39 is 38.2 Å². The number of hydrogen-bond acceptors (Lipinski definition) is 6. The highest BCUT2D eigenvalue weighted by Crippen LogP contribution is 2.33. The van der Waals surface area contributed by atoms with E-state index in [1.165, 1.54) is 0 Å². The van der Waals surface area contributed by atoms with Crippen molar-refractivity contribution in [3.63, 3.8) is 0 Å². The maximum atomic E-state index is 12.7. The number of halogens is 2. The average molecular weight is 252 g/mol. The Labute approximate surface area is 79.1 Å². The van der Waals surface area contributed by atoms with Crippen molar-refractivity contribution >= 4 is 20.2 Å². The van der Waals surface area contributed by atoms with Crippen molar-refractivity contribution in [2.45, 2.75) is 12.2 Å². The van der Waals surface area contributed by atoms with Crippen LogP contribution in [0.5, 0.6) is 0 Å². The molecule has 0 aromatic heterocycles. The molecule has 0 aromatic carbocycles. The Kier molecular flexibility index (Phi) is 2.59. The van der Waals surface area contributed by atoms with Crippen LogP contribution in [0, 0.1) is 0 Å². The van der Waals surface area contributed by atoms with E-state index in [0.717, 1.165) is 0 Å². The molecule has 10 heteroatoms. The summed E-state index contributed by atoms with van der Waals surface area (Å²) in [5.41, 5.74) is 0. The van der Waals surface area contributed by atoms with Gasteiger partial charge in [-0.05, 0) is 0 Å². The van der Waals surface area contributed by atoms with Crippen LogP contribution < -0.4 is 0 Å². The van der Waals surface area contributed by atoms with Gasteiger partial charge in [0, 0.05) is 0 Å². The first-order chi connectivity index (χ1) is 6.02. The number of alkyl halides is 2. The highest BCUT2D eigenvalue weighted by atomic mass is 32.2. The van der Waals surface area contributed by atoms with Gasteiger partial charge in [-0.15, -0.1) is 0 Å². The summed E-state index contributed by atoms with van der Waals surface area (Å²) >= 11 is 0. The first-order valence-corrected chi connectivity index (χ1v) is 6.58. The van der Waals surface area contributed by atoms with Gasteiger partial charge < -0.3 is 0 Å². The van der Waals surface area contributed by atoms with E-state index in [1.807, 2.05) is 0 Å². The predicted molar refractivity (Wildman–Crippen MR) is 39.5 cm³/mol. The molecule has 1 unspecified atom stereocenters. The molecule has 0 amide bonds. The van der Waals surface area contributed by atoms with Crippen molar-refractivity contribution in [2.75, 3.05) is 12.0 Å². The van der Waals surface area contributed by atoms with Crippen molar-refractivity contribution in [3.8, 4) is 0 Å². The third kappa shape index (κ3) is 2.83. The topological polar surface area (TPSA) is 86.7 Å². The van der Waals surface area contributed by atoms with Gasteiger partial charge in [-0.2, -0.15) is 25.6 Å². The minimum absolute atomic E-state index is 0.511. The Hall–Kier alpha value is -0.320. The molecule has 1 heterocycles. The SMILES string of the molecule is CS(=O)(=O)OC1OS(=O)(=O)CC1(F)F. The van der Waals surface area contributed by atoms with Crippen molar-refractivity contribution in [1.82, 2.24) is 0 Å². The maximum Gasteiger partial charge on any atom is 0.316 e. The summed E-state index contributed by atoms with van der Waals surface area (Å²) in [7, 11) is -8.61. The zero-order valence-corrected chi connectivity index (χ0v) is 8.44. The molecule has 6 nitrogen and oxygen atoms in total. The Bertz CT molecular complexity index is 423. The van der Waals surface area contributed by atoms with Gasteiger partial charge in [0.05, 0.1) is 6.26 Å². The molecule has 0 radical (unpaired) electrons. The Balaban J connectivity index is 2.92. The van der Waals surface area contributed by atoms with Crippen molar-refractivity contribution in [1.29, 1.82) is 0 Å². The lowest BCUT2D eigenvalue weighted by molar-refractivity contribution is -0.141. The predicted octanol–water partition coefficient (Wildman–Crippen LogP) is -0.716. The fourth-order valence-electron chi connectivity index (χ4n) is 0.786. The summed E-state index contributed by atoms with van der Waals surface area (Å²) in [5.74, 6) is -5.44. The summed E-state index contributed by atoms with van der Waals surface area (Å²) in [5, 5.41) is 0. The number of rotatable bonds is 2. The standard InChI is InChI=1S/C4H6F2O6S2/c1-13(7,8)11-3-4(5,6)2-14(9,10)12-3/h3H,2H2,1H3. The highest BCUT2D eigenvalue weighted by molar-refractivity contribution is 7.87. The molecule has 14 heavy (non-hydrogen) atoms. The molecule has 1 atom stereocenters. The number of hydrogen-bond donors (Lipinski definition) is 0. The summed E-state index contributed by atoms with van der Waals surface area (Å²) in [6.45, 7) is 0. The quantitative estimate of drug-likeness (QED) is 0.603. The molecule has 0 spiro atoms. The Morgan fingerprint density at radius 1 is 1.50 bits per heavy atom. The van der Waals surface area contributed by atoms with Crippen molar-refractivity contribution in [3.05, 3.63) is 0 Å². The molecular formula is C4H6F2O6S2. The first-order valence-electron chi connectivity index (χ1n) is 3.19. The maximum absolute atomic E-state index is 12.7. The van der Waals surface area contributed by atoms with Crippen molar-refractivity contribution < 1.29 is 34.0 Å². The lowest BCUT2D eigenvalue weighted by Crippen LogP contribution is -2.34. The van der Waals surface area contributed by atoms with E-state index in [4.69, 9.17) is 0 Å². The zero-order chi connectivity index (χ0) is 11.2. The van der Waals surface area contributed by atoms with Crippen LogP contribution >= 0.6 is 0 Å². The Morgan fingerprint density at radius 3 is 2.29 bits per heavy atom. The molecule has 0 N–H and O–H groups in total. The lowest BCUT2D eigenvalue weighted by atomic mass is 10.4. The molecule has 0 aromatic rings.